The van der Waals surface area contributed by atoms with Gasteiger partial charge in [-0.3, -0.25) is 4.79 Å². The van der Waals surface area contributed by atoms with Crippen molar-refractivity contribution < 1.29 is 15.0 Å². The monoisotopic (exact) mass is 284 g/mol. The van der Waals surface area contributed by atoms with Crippen molar-refractivity contribution in [3.8, 4) is 11.5 Å². The highest BCUT2D eigenvalue weighted by Gasteiger charge is 2.11. The summed E-state index contributed by atoms with van der Waals surface area (Å²) in [5, 5.41) is 22.9. The summed E-state index contributed by atoms with van der Waals surface area (Å²) in [6.45, 7) is 1.80. The molecule has 0 unspecified atom stereocenters. The molecular formula is C16H16N2O3. The number of phenolic OH excluding ortho intramolecular Hbond substituents is 2. The molecule has 2 rings (SSSR count). The number of phenols is 2. The van der Waals surface area contributed by atoms with Gasteiger partial charge in [0.25, 0.3) is 5.91 Å². The minimum Gasteiger partial charge on any atom is -0.508 e. The minimum absolute atomic E-state index is 0.0220. The average Bonchev–Trinajstić information content (AvgIpc) is 2.48. The molecule has 21 heavy (non-hydrogen) atoms. The number of carbonyl (C=O) groups is 1. The predicted octanol–water partition coefficient (Wildman–Crippen LogP) is 2.45. The predicted molar refractivity (Wildman–Crippen MR) is 80.5 cm³/mol. The number of hydrazone groups is 1. The lowest BCUT2D eigenvalue weighted by Gasteiger charge is -2.05. The van der Waals surface area contributed by atoms with Crippen LogP contribution in [0.4, 0.5) is 0 Å². The van der Waals surface area contributed by atoms with E-state index in [0.717, 1.165) is 11.3 Å². The summed E-state index contributed by atoms with van der Waals surface area (Å²) in [4.78, 5) is 11.9. The highest BCUT2D eigenvalue weighted by Crippen LogP contribution is 2.21. The van der Waals surface area contributed by atoms with Gasteiger partial charge in [-0.05, 0) is 30.7 Å². The normalized spacial score (nSPS) is 11.2. The van der Waals surface area contributed by atoms with Gasteiger partial charge in [-0.15, -0.1) is 0 Å². The van der Waals surface area contributed by atoms with Gasteiger partial charge in [0.15, 0.2) is 0 Å². The number of benzene rings is 2. The van der Waals surface area contributed by atoms with E-state index >= 15 is 0 Å². The Kier molecular flexibility index (Phi) is 4.56. The van der Waals surface area contributed by atoms with Crippen LogP contribution in [0.25, 0.3) is 0 Å². The third-order valence-corrected chi connectivity index (χ3v) is 2.88. The van der Waals surface area contributed by atoms with Gasteiger partial charge in [0, 0.05) is 12.1 Å². The third-order valence-electron chi connectivity index (χ3n) is 2.88. The zero-order valence-electron chi connectivity index (χ0n) is 11.6. The molecule has 0 spiro atoms. The molecule has 5 heteroatoms. The standard InChI is InChI=1S/C16H16N2O3/c1-11(9-12-5-3-2-4-6-12)17-18-16(21)14-10-13(19)7-8-15(14)20/h2-8,10,19-20H,9H2,1H3,(H,18,21)/b17-11+. The summed E-state index contributed by atoms with van der Waals surface area (Å²) in [6, 6.07) is 13.5. The molecule has 0 atom stereocenters. The number of carbonyl (C=O) groups excluding carboxylic acids is 1. The van der Waals surface area contributed by atoms with Gasteiger partial charge in [-0.2, -0.15) is 5.10 Å². The fourth-order valence-corrected chi connectivity index (χ4v) is 1.84. The third kappa shape index (κ3) is 4.07. The molecule has 1 amide bonds. The first-order valence-corrected chi connectivity index (χ1v) is 6.45. The van der Waals surface area contributed by atoms with Crippen molar-refractivity contribution in [2.24, 2.45) is 5.10 Å². The number of aromatic hydroxyl groups is 2. The lowest BCUT2D eigenvalue weighted by atomic mass is 10.1. The zero-order valence-corrected chi connectivity index (χ0v) is 11.6. The van der Waals surface area contributed by atoms with Crippen LogP contribution in [0.3, 0.4) is 0 Å². The van der Waals surface area contributed by atoms with Gasteiger partial charge in [-0.1, -0.05) is 30.3 Å². The molecule has 0 aromatic heterocycles. The van der Waals surface area contributed by atoms with Crippen LogP contribution in [0.2, 0.25) is 0 Å². The van der Waals surface area contributed by atoms with Crippen molar-refractivity contribution in [2.45, 2.75) is 13.3 Å². The maximum Gasteiger partial charge on any atom is 0.275 e. The Morgan fingerprint density at radius 3 is 2.57 bits per heavy atom. The molecule has 2 aromatic rings. The van der Waals surface area contributed by atoms with E-state index in [4.69, 9.17) is 0 Å². The van der Waals surface area contributed by atoms with E-state index in [1.807, 2.05) is 30.3 Å². The Morgan fingerprint density at radius 2 is 1.86 bits per heavy atom. The molecule has 0 bridgehead atoms. The summed E-state index contributed by atoms with van der Waals surface area (Å²) in [5.74, 6) is -0.875. The molecule has 5 nitrogen and oxygen atoms in total. The molecule has 0 saturated heterocycles. The van der Waals surface area contributed by atoms with E-state index in [0.29, 0.717) is 6.42 Å². The lowest BCUT2D eigenvalue weighted by Crippen LogP contribution is -2.19. The van der Waals surface area contributed by atoms with Crippen LogP contribution in [0.15, 0.2) is 53.6 Å². The molecular weight excluding hydrogens is 268 g/mol. The van der Waals surface area contributed by atoms with Gasteiger partial charge >= 0.3 is 0 Å². The van der Waals surface area contributed by atoms with Gasteiger partial charge in [0.2, 0.25) is 0 Å². The van der Waals surface area contributed by atoms with Crippen LogP contribution < -0.4 is 5.43 Å². The maximum absolute atomic E-state index is 11.9. The average molecular weight is 284 g/mol. The van der Waals surface area contributed by atoms with Crippen molar-refractivity contribution in [2.75, 3.05) is 0 Å². The van der Waals surface area contributed by atoms with E-state index in [2.05, 4.69) is 10.5 Å². The fourth-order valence-electron chi connectivity index (χ4n) is 1.84. The molecule has 0 heterocycles. The van der Waals surface area contributed by atoms with Crippen molar-refractivity contribution >= 4 is 11.6 Å². The number of amides is 1. The Labute approximate surface area is 122 Å². The molecule has 0 saturated carbocycles. The second-order valence-corrected chi connectivity index (χ2v) is 4.65. The number of nitrogens with one attached hydrogen (secondary N) is 1. The highest BCUT2D eigenvalue weighted by atomic mass is 16.3. The molecule has 3 N–H and O–H groups in total. The first-order chi connectivity index (χ1) is 10.1. The van der Waals surface area contributed by atoms with E-state index in [9.17, 15) is 15.0 Å². The molecule has 2 aromatic carbocycles. The highest BCUT2D eigenvalue weighted by molar-refractivity contribution is 5.98. The number of hydrogen-bond acceptors (Lipinski definition) is 4. The Morgan fingerprint density at radius 1 is 1.14 bits per heavy atom. The number of nitrogens with zero attached hydrogens (tertiary/aromatic N) is 1. The fraction of sp³-hybridized carbons (Fsp3) is 0.125. The molecule has 0 aliphatic heterocycles. The van der Waals surface area contributed by atoms with Crippen molar-refractivity contribution in [1.29, 1.82) is 0 Å². The first-order valence-electron chi connectivity index (χ1n) is 6.45. The van der Waals surface area contributed by atoms with Crippen LogP contribution >= 0.6 is 0 Å². The summed E-state index contributed by atoms with van der Waals surface area (Å²) < 4.78 is 0. The molecule has 0 aliphatic carbocycles. The topological polar surface area (TPSA) is 81.9 Å². The number of hydrogen-bond donors (Lipinski definition) is 3. The van der Waals surface area contributed by atoms with Crippen molar-refractivity contribution in [3.63, 3.8) is 0 Å². The Bertz CT molecular complexity index is 666. The minimum atomic E-state index is -0.573. The number of rotatable bonds is 4. The van der Waals surface area contributed by atoms with Crippen LogP contribution in [0.5, 0.6) is 11.5 Å². The second-order valence-electron chi connectivity index (χ2n) is 4.65. The molecule has 0 fully saturated rings. The zero-order chi connectivity index (χ0) is 15.2. The first kappa shape index (κ1) is 14.6. The largest absolute Gasteiger partial charge is 0.508 e. The van der Waals surface area contributed by atoms with Crippen molar-refractivity contribution in [1.82, 2.24) is 5.43 Å². The quantitative estimate of drug-likeness (QED) is 0.458. The van der Waals surface area contributed by atoms with Gasteiger partial charge in [0.05, 0.1) is 5.56 Å². The van der Waals surface area contributed by atoms with Gasteiger partial charge in [-0.25, -0.2) is 5.43 Å². The van der Waals surface area contributed by atoms with E-state index in [1.165, 1.54) is 18.2 Å². The summed E-state index contributed by atoms with van der Waals surface area (Å²) >= 11 is 0. The SMILES string of the molecule is C/C(Cc1ccccc1)=N\NC(=O)c1cc(O)ccc1O. The molecule has 0 aliphatic rings. The van der Waals surface area contributed by atoms with Crippen LogP contribution in [0, 0.1) is 0 Å². The molecule has 108 valence electrons. The van der Waals surface area contributed by atoms with E-state index < -0.39 is 5.91 Å². The summed E-state index contributed by atoms with van der Waals surface area (Å²) in [6.07, 6.45) is 0.618. The summed E-state index contributed by atoms with van der Waals surface area (Å²) in [5.41, 5.74) is 4.16. The van der Waals surface area contributed by atoms with Crippen LogP contribution in [0.1, 0.15) is 22.8 Å². The molecule has 0 radical (unpaired) electrons. The van der Waals surface area contributed by atoms with E-state index in [1.54, 1.807) is 6.92 Å². The van der Waals surface area contributed by atoms with Crippen LogP contribution in [-0.4, -0.2) is 21.8 Å². The van der Waals surface area contributed by atoms with E-state index in [-0.39, 0.29) is 17.1 Å². The lowest BCUT2D eigenvalue weighted by molar-refractivity contribution is 0.0951. The second kappa shape index (κ2) is 6.56. The Hall–Kier alpha value is -2.82. The van der Waals surface area contributed by atoms with Gasteiger partial charge < -0.3 is 10.2 Å². The van der Waals surface area contributed by atoms with Crippen LogP contribution in [-0.2, 0) is 6.42 Å². The van der Waals surface area contributed by atoms with Gasteiger partial charge in [0.1, 0.15) is 11.5 Å². The smallest absolute Gasteiger partial charge is 0.275 e. The summed E-state index contributed by atoms with van der Waals surface area (Å²) in [7, 11) is 0. The Balaban J connectivity index is 2.02. The van der Waals surface area contributed by atoms with Crippen molar-refractivity contribution in [3.05, 3.63) is 59.7 Å². The maximum atomic E-state index is 11.9.